The van der Waals surface area contributed by atoms with Gasteiger partial charge in [0.05, 0.1) is 0 Å². The fourth-order valence-electron chi connectivity index (χ4n) is 3.47. The van der Waals surface area contributed by atoms with Gasteiger partial charge in [-0.25, -0.2) is 0 Å². The van der Waals surface area contributed by atoms with Crippen LogP contribution >= 0.6 is 11.6 Å². The van der Waals surface area contributed by atoms with E-state index in [1.807, 2.05) is 12.1 Å². The Morgan fingerprint density at radius 3 is 2.68 bits per heavy atom. The molecule has 1 fully saturated rings. The Balaban J connectivity index is 1.94. The van der Waals surface area contributed by atoms with Crippen molar-refractivity contribution in [2.24, 2.45) is 5.41 Å². The van der Waals surface area contributed by atoms with Gasteiger partial charge in [0.2, 0.25) is 0 Å². The minimum atomic E-state index is 0.474. The third kappa shape index (κ3) is 4.20. The number of hydrogen-bond donors (Lipinski definition) is 1. The minimum absolute atomic E-state index is 0.474. The summed E-state index contributed by atoms with van der Waals surface area (Å²) in [5, 5.41) is 4.21. The van der Waals surface area contributed by atoms with Crippen LogP contribution in [0.3, 0.4) is 0 Å². The van der Waals surface area contributed by atoms with Gasteiger partial charge in [-0.1, -0.05) is 36.6 Å². The van der Waals surface area contributed by atoms with Crippen LogP contribution in [0.5, 0.6) is 0 Å². The van der Waals surface area contributed by atoms with E-state index in [9.17, 15) is 0 Å². The molecule has 0 unspecified atom stereocenters. The van der Waals surface area contributed by atoms with E-state index >= 15 is 0 Å². The van der Waals surface area contributed by atoms with E-state index in [4.69, 9.17) is 11.6 Å². The molecule has 0 aromatic heterocycles. The van der Waals surface area contributed by atoms with Gasteiger partial charge in [0.1, 0.15) is 0 Å². The average molecular weight is 281 g/mol. The molecule has 2 rings (SSSR count). The van der Waals surface area contributed by atoms with Crippen LogP contribution in [0.1, 0.15) is 31.2 Å². The van der Waals surface area contributed by atoms with Crippen molar-refractivity contribution in [2.75, 3.05) is 27.2 Å². The van der Waals surface area contributed by atoms with Crippen molar-refractivity contribution in [1.82, 2.24) is 10.2 Å². The lowest BCUT2D eigenvalue weighted by molar-refractivity contribution is 0.170. The average Bonchev–Trinajstić information content (AvgIpc) is 2.77. The lowest BCUT2D eigenvalue weighted by Gasteiger charge is -2.33. The molecule has 0 bridgehead atoms. The predicted molar refractivity (Wildman–Crippen MR) is 82.6 cm³/mol. The second kappa shape index (κ2) is 6.74. The first-order valence-electron chi connectivity index (χ1n) is 7.21. The third-order valence-electron chi connectivity index (χ3n) is 4.16. The largest absolute Gasteiger partial charge is 0.319 e. The highest BCUT2D eigenvalue weighted by molar-refractivity contribution is 6.30. The molecule has 0 saturated heterocycles. The van der Waals surface area contributed by atoms with Gasteiger partial charge >= 0.3 is 0 Å². The number of nitrogens with zero attached hydrogens (tertiary/aromatic N) is 1. The van der Waals surface area contributed by atoms with Gasteiger partial charge in [-0.2, -0.15) is 0 Å². The SMILES string of the molecule is CNCC1(CN(C)Cc2cccc(Cl)c2)CCCC1. The summed E-state index contributed by atoms with van der Waals surface area (Å²) in [6.07, 6.45) is 5.47. The highest BCUT2D eigenvalue weighted by Gasteiger charge is 2.34. The molecule has 1 aliphatic rings. The quantitative estimate of drug-likeness (QED) is 0.857. The molecule has 0 amide bonds. The number of rotatable bonds is 6. The number of benzene rings is 1. The summed E-state index contributed by atoms with van der Waals surface area (Å²) in [6.45, 7) is 3.28. The second-order valence-corrected chi connectivity index (χ2v) is 6.48. The fourth-order valence-corrected chi connectivity index (χ4v) is 3.68. The summed E-state index contributed by atoms with van der Waals surface area (Å²) in [6, 6.07) is 8.19. The van der Waals surface area contributed by atoms with Crippen molar-refractivity contribution >= 4 is 11.6 Å². The summed E-state index contributed by atoms with van der Waals surface area (Å²) in [7, 11) is 4.29. The molecule has 19 heavy (non-hydrogen) atoms. The van der Waals surface area contributed by atoms with E-state index in [1.165, 1.54) is 37.8 Å². The van der Waals surface area contributed by atoms with E-state index < -0.39 is 0 Å². The van der Waals surface area contributed by atoms with Crippen molar-refractivity contribution in [1.29, 1.82) is 0 Å². The third-order valence-corrected chi connectivity index (χ3v) is 4.40. The molecule has 0 spiro atoms. The zero-order valence-electron chi connectivity index (χ0n) is 12.1. The van der Waals surface area contributed by atoms with Crippen LogP contribution in [0.2, 0.25) is 5.02 Å². The second-order valence-electron chi connectivity index (χ2n) is 6.04. The monoisotopic (exact) mass is 280 g/mol. The van der Waals surface area contributed by atoms with Crippen LogP contribution in [0.15, 0.2) is 24.3 Å². The van der Waals surface area contributed by atoms with E-state index in [0.717, 1.165) is 18.1 Å². The molecule has 1 aliphatic carbocycles. The molecule has 0 atom stereocenters. The molecule has 0 radical (unpaired) electrons. The lowest BCUT2D eigenvalue weighted by atomic mass is 9.85. The van der Waals surface area contributed by atoms with Gasteiger partial charge in [0.15, 0.2) is 0 Å². The zero-order valence-corrected chi connectivity index (χ0v) is 12.8. The minimum Gasteiger partial charge on any atom is -0.319 e. The molecule has 2 nitrogen and oxygen atoms in total. The summed E-state index contributed by atoms with van der Waals surface area (Å²) < 4.78 is 0. The van der Waals surface area contributed by atoms with Gasteiger partial charge in [0.25, 0.3) is 0 Å². The maximum atomic E-state index is 6.05. The molecular formula is C16H25ClN2. The maximum Gasteiger partial charge on any atom is 0.0409 e. The predicted octanol–water partition coefficient (Wildman–Crippen LogP) is 3.55. The van der Waals surface area contributed by atoms with E-state index in [1.54, 1.807) is 0 Å². The number of nitrogens with one attached hydrogen (secondary N) is 1. The standard InChI is InChI=1S/C16H25ClN2/c1-18-12-16(8-3-4-9-16)13-19(2)11-14-6-5-7-15(17)10-14/h5-7,10,18H,3-4,8-9,11-13H2,1-2H3. The summed E-state index contributed by atoms with van der Waals surface area (Å²) in [5.74, 6) is 0. The first kappa shape index (κ1) is 14.8. The Kier molecular flexibility index (Phi) is 5.26. The Bertz CT molecular complexity index is 399. The zero-order chi connectivity index (χ0) is 13.7. The van der Waals surface area contributed by atoms with Crippen molar-refractivity contribution in [3.8, 4) is 0 Å². The Morgan fingerprint density at radius 2 is 2.05 bits per heavy atom. The van der Waals surface area contributed by atoms with E-state index in [0.29, 0.717) is 5.41 Å². The van der Waals surface area contributed by atoms with Crippen LogP contribution in [0, 0.1) is 5.41 Å². The molecule has 1 saturated carbocycles. The number of hydrogen-bond acceptors (Lipinski definition) is 2. The summed E-state index contributed by atoms with van der Waals surface area (Å²) in [5.41, 5.74) is 1.77. The molecular weight excluding hydrogens is 256 g/mol. The van der Waals surface area contributed by atoms with Gasteiger partial charge in [-0.15, -0.1) is 0 Å². The van der Waals surface area contributed by atoms with Crippen molar-refractivity contribution in [2.45, 2.75) is 32.2 Å². The van der Waals surface area contributed by atoms with Gasteiger partial charge in [-0.3, -0.25) is 0 Å². The Hall–Kier alpha value is -0.570. The lowest BCUT2D eigenvalue weighted by Crippen LogP contribution is -2.40. The van der Waals surface area contributed by atoms with Crippen LogP contribution in [-0.2, 0) is 6.54 Å². The van der Waals surface area contributed by atoms with E-state index in [2.05, 4.69) is 36.4 Å². The maximum absolute atomic E-state index is 6.05. The van der Waals surface area contributed by atoms with Crippen LogP contribution in [-0.4, -0.2) is 32.1 Å². The Morgan fingerprint density at radius 1 is 1.32 bits per heavy atom. The normalized spacial score (nSPS) is 18.1. The molecule has 1 N–H and O–H groups in total. The van der Waals surface area contributed by atoms with E-state index in [-0.39, 0.29) is 0 Å². The molecule has 0 heterocycles. The van der Waals surface area contributed by atoms with Crippen LogP contribution < -0.4 is 5.32 Å². The summed E-state index contributed by atoms with van der Waals surface area (Å²) in [4.78, 5) is 2.44. The molecule has 0 aliphatic heterocycles. The smallest absolute Gasteiger partial charge is 0.0409 e. The van der Waals surface area contributed by atoms with Crippen LogP contribution in [0.4, 0.5) is 0 Å². The highest BCUT2D eigenvalue weighted by Crippen LogP contribution is 2.38. The van der Waals surface area contributed by atoms with Crippen molar-refractivity contribution < 1.29 is 0 Å². The fraction of sp³-hybridized carbons (Fsp3) is 0.625. The van der Waals surface area contributed by atoms with Gasteiger partial charge in [-0.05, 0) is 50.0 Å². The van der Waals surface area contributed by atoms with Crippen molar-refractivity contribution in [3.63, 3.8) is 0 Å². The molecule has 3 heteroatoms. The Labute approximate surface area is 122 Å². The van der Waals surface area contributed by atoms with Gasteiger partial charge in [0, 0.05) is 24.7 Å². The topological polar surface area (TPSA) is 15.3 Å². The van der Waals surface area contributed by atoms with Gasteiger partial charge < -0.3 is 10.2 Å². The molecule has 1 aromatic carbocycles. The van der Waals surface area contributed by atoms with Crippen LogP contribution in [0.25, 0.3) is 0 Å². The van der Waals surface area contributed by atoms with Crippen molar-refractivity contribution in [3.05, 3.63) is 34.9 Å². The highest BCUT2D eigenvalue weighted by atomic mass is 35.5. The molecule has 1 aromatic rings. The number of halogens is 1. The first-order chi connectivity index (χ1) is 9.13. The summed E-state index contributed by atoms with van der Waals surface area (Å²) >= 11 is 6.05. The molecule has 106 valence electrons. The first-order valence-corrected chi connectivity index (χ1v) is 7.59.